The number of quaternary nitrogens is 1. The zero-order valence-electron chi connectivity index (χ0n) is 30.0. The number of anilines is 1. The fourth-order valence-corrected chi connectivity index (χ4v) is 9.79. The molecule has 3 aliphatic heterocycles. The van der Waals surface area contributed by atoms with Gasteiger partial charge in [0.2, 0.25) is 5.60 Å². The summed E-state index contributed by atoms with van der Waals surface area (Å²) in [6, 6.07) is 0.0470. The zero-order chi connectivity index (χ0) is 40.4. The number of benzene rings is 1. The van der Waals surface area contributed by atoms with Gasteiger partial charge in [-0.1, -0.05) is 39.7 Å². The highest BCUT2D eigenvalue weighted by Crippen LogP contribution is 2.50. The van der Waals surface area contributed by atoms with Crippen LogP contribution in [0.25, 0.3) is 10.9 Å². The second-order valence-electron chi connectivity index (χ2n) is 14.2. The van der Waals surface area contributed by atoms with Crippen molar-refractivity contribution in [3.8, 4) is 11.5 Å². The van der Waals surface area contributed by atoms with Crippen LogP contribution in [-0.2, 0) is 37.1 Å². The molecule has 0 saturated carbocycles. The topological polar surface area (TPSA) is 247 Å². The van der Waals surface area contributed by atoms with Crippen LogP contribution in [0.3, 0.4) is 0 Å². The van der Waals surface area contributed by atoms with E-state index in [1.165, 1.54) is 31.7 Å². The number of phenols is 2. The summed E-state index contributed by atoms with van der Waals surface area (Å²) >= 11 is 14.7. The molecule has 2 fully saturated rings. The molecule has 2 amide bonds. The maximum absolute atomic E-state index is 13.9. The molecule has 21 heteroatoms. The van der Waals surface area contributed by atoms with E-state index in [0.29, 0.717) is 40.8 Å². The third-order valence-electron chi connectivity index (χ3n) is 10.2. The summed E-state index contributed by atoms with van der Waals surface area (Å²) in [4.78, 5) is 75.2. The van der Waals surface area contributed by atoms with Gasteiger partial charge in [0.15, 0.2) is 27.8 Å². The molecule has 2 unspecified atom stereocenters. The van der Waals surface area contributed by atoms with E-state index in [-0.39, 0.29) is 50.1 Å². The first-order valence-electron chi connectivity index (χ1n) is 17.0. The summed E-state index contributed by atoms with van der Waals surface area (Å²) in [5.41, 5.74) is 3.77. The third-order valence-corrected chi connectivity index (χ3v) is 13.1. The van der Waals surface area contributed by atoms with Crippen LogP contribution in [0.2, 0.25) is 9.36 Å². The Labute approximate surface area is 331 Å². The number of halogens is 2. The predicted octanol–water partition coefficient (Wildman–Crippen LogP) is 3.30. The first kappa shape index (κ1) is 40.1. The quantitative estimate of drug-likeness (QED) is 0.0505. The molecule has 2 aromatic heterocycles. The summed E-state index contributed by atoms with van der Waals surface area (Å²) in [5.74, 6) is -5.29. The van der Waals surface area contributed by atoms with E-state index >= 15 is 0 Å². The Morgan fingerprint density at radius 2 is 1.85 bits per heavy atom. The molecule has 294 valence electrons. The third kappa shape index (κ3) is 6.96. The Balaban J connectivity index is 1.31. The molecule has 0 spiro atoms. The van der Waals surface area contributed by atoms with E-state index in [4.69, 9.17) is 33.8 Å². The molecule has 2 atom stereocenters. The van der Waals surface area contributed by atoms with E-state index in [9.17, 15) is 44.4 Å². The van der Waals surface area contributed by atoms with Crippen LogP contribution in [0.15, 0.2) is 33.5 Å². The number of nitrogens with zero attached hydrogens (tertiary/aromatic N) is 5. The van der Waals surface area contributed by atoms with Crippen LogP contribution < -0.4 is 16.5 Å². The Bertz CT molecular complexity index is 2280. The van der Waals surface area contributed by atoms with Crippen molar-refractivity contribution in [3.63, 3.8) is 0 Å². The standard InChI is InChI=1S/C34H37Cl2N7O10S2/c1-5-41-11-15(24(45)19-17(41)10-18(44)25(46)20(19)35)12-43(8-6-7-9-43)13-16-14-54-34(4)26(29(48)42(34)23(16)30(49)50)39-28(47)22(21-27(36)55-32(37)38-21)40-53-33(2,3)31(51)52/h10-11,26H,5-9,12-14H2,1-4H3,(H6-,37,38,39,40,44,45,46,47,49,50,51,52)/p+1. The fourth-order valence-electron chi connectivity index (χ4n) is 7.25. The second kappa shape index (κ2) is 14.5. The van der Waals surface area contributed by atoms with Crippen molar-refractivity contribution in [3.05, 3.63) is 54.4 Å². The number of carbonyl (C=O) groups is 4. The number of likely N-dealkylation sites (tertiary alicyclic amines) is 1. The van der Waals surface area contributed by atoms with E-state index < -0.39 is 62.9 Å². The van der Waals surface area contributed by atoms with Gasteiger partial charge in [0.05, 0.1) is 34.6 Å². The molecule has 1 aromatic carbocycles. The van der Waals surface area contributed by atoms with Gasteiger partial charge >= 0.3 is 11.9 Å². The minimum Gasteiger partial charge on any atom is -0.504 e. The van der Waals surface area contributed by atoms with Gasteiger partial charge in [-0.15, -0.1) is 11.8 Å². The number of carbonyl (C=O) groups excluding carboxylic acids is 2. The van der Waals surface area contributed by atoms with Crippen molar-refractivity contribution >= 4 is 91.8 Å². The van der Waals surface area contributed by atoms with E-state index in [1.54, 1.807) is 17.7 Å². The number of phenolic OH excluding ortho intramolecular Hbond substituents is 2. The maximum atomic E-state index is 13.9. The fraction of sp³-hybridized carbons (Fsp3) is 0.441. The molecule has 0 aliphatic carbocycles. The molecule has 3 aromatic rings. The second-order valence-corrected chi connectivity index (χ2v) is 17.7. The molecule has 55 heavy (non-hydrogen) atoms. The SMILES string of the molecule is CCn1cc(C[N+]2(CC3=C(C(=O)O)N4C(=O)C(NC(=O)C(=NOC(C)(C)C(=O)O)c5nc(N)sc5Cl)C4(C)SC3)CCCC2)c(=O)c2c(Cl)c(O)c(O)cc21. The molecular weight excluding hydrogens is 801 g/mol. The van der Waals surface area contributed by atoms with E-state index in [0.717, 1.165) is 29.1 Å². The lowest BCUT2D eigenvalue weighted by molar-refractivity contribution is -0.925. The van der Waals surface area contributed by atoms with Gasteiger partial charge in [-0.2, -0.15) is 0 Å². The lowest BCUT2D eigenvalue weighted by Gasteiger charge is -2.57. The number of β-lactam (4-membered cyclic amide) rings is 1. The average molecular weight is 840 g/mol. The number of oxime groups is 1. The molecule has 5 heterocycles. The van der Waals surface area contributed by atoms with Crippen molar-refractivity contribution in [2.75, 3.05) is 31.1 Å². The molecule has 2 saturated heterocycles. The monoisotopic (exact) mass is 838 g/mol. The van der Waals surface area contributed by atoms with E-state index in [2.05, 4.69) is 15.5 Å². The molecule has 7 N–H and O–H groups in total. The van der Waals surface area contributed by atoms with Crippen LogP contribution in [-0.4, -0.2) is 111 Å². The Hall–Kier alpha value is -4.56. The summed E-state index contributed by atoms with van der Waals surface area (Å²) < 4.78 is 2.04. The van der Waals surface area contributed by atoms with Gasteiger partial charge in [-0.05, 0) is 27.7 Å². The van der Waals surface area contributed by atoms with Crippen LogP contribution in [0, 0.1) is 0 Å². The largest absolute Gasteiger partial charge is 0.504 e. The average Bonchev–Trinajstić information content (AvgIpc) is 3.72. The number of carboxylic acid groups (broad SMARTS) is 2. The number of aryl methyl sites for hydroxylation is 1. The lowest BCUT2D eigenvalue weighted by Crippen LogP contribution is -2.78. The number of aliphatic carboxylic acids is 2. The van der Waals surface area contributed by atoms with Gasteiger partial charge in [0.25, 0.3) is 11.8 Å². The number of fused-ring (bicyclic) bond motifs is 2. The maximum Gasteiger partial charge on any atom is 0.352 e. The number of rotatable bonds is 12. The highest BCUT2D eigenvalue weighted by Gasteiger charge is 2.63. The Morgan fingerprint density at radius 1 is 1.18 bits per heavy atom. The number of aromatic nitrogens is 2. The first-order valence-corrected chi connectivity index (χ1v) is 19.6. The number of hydrogen-bond donors (Lipinski definition) is 6. The number of nitrogen functional groups attached to an aromatic ring is 1. The number of thioether (sulfide) groups is 1. The van der Waals surface area contributed by atoms with E-state index in [1.807, 2.05) is 6.92 Å². The molecule has 0 bridgehead atoms. The highest BCUT2D eigenvalue weighted by atomic mass is 35.5. The lowest BCUT2D eigenvalue weighted by atomic mass is 9.92. The van der Waals surface area contributed by atoms with Crippen molar-refractivity contribution in [2.24, 2.45) is 5.16 Å². The summed E-state index contributed by atoms with van der Waals surface area (Å²) in [7, 11) is 0. The van der Waals surface area contributed by atoms with Crippen molar-refractivity contribution in [1.82, 2.24) is 19.8 Å². The number of aromatic hydroxyl groups is 2. The number of amides is 2. The molecule has 0 radical (unpaired) electrons. The number of hydrogen-bond acceptors (Lipinski definition) is 13. The smallest absolute Gasteiger partial charge is 0.352 e. The van der Waals surface area contributed by atoms with Gasteiger partial charge in [-0.25, -0.2) is 14.6 Å². The van der Waals surface area contributed by atoms with Crippen LogP contribution in [0.5, 0.6) is 11.5 Å². The molecule has 6 rings (SSSR count). The van der Waals surface area contributed by atoms with Gasteiger partial charge in [-0.3, -0.25) is 19.3 Å². The number of pyridine rings is 1. The van der Waals surface area contributed by atoms with Gasteiger partial charge in [0.1, 0.15) is 39.7 Å². The molecule has 3 aliphatic rings. The van der Waals surface area contributed by atoms with Crippen LogP contribution in [0.4, 0.5) is 5.13 Å². The normalized spacial score (nSPS) is 21.1. The predicted molar refractivity (Wildman–Crippen MR) is 205 cm³/mol. The van der Waals surface area contributed by atoms with Crippen LogP contribution >= 0.6 is 46.3 Å². The Kier molecular flexibility index (Phi) is 10.6. The van der Waals surface area contributed by atoms with Crippen molar-refractivity contribution in [2.45, 2.75) is 70.1 Å². The van der Waals surface area contributed by atoms with Gasteiger partial charge in [0, 0.05) is 43.0 Å². The summed E-state index contributed by atoms with van der Waals surface area (Å²) in [6.45, 7) is 7.99. The number of nitrogens with two attached hydrogens (primary N) is 1. The first-order chi connectivity index (χ1) is 25.7. The van der Waals surface area contributed by atoms with Crippen molar-refractivity contribution < 1.29 is 48.9 Å². The zero-order valence-corrected chi connectivity index (χ0v) is 33.2. The molecular formula is C34H38Cl2N7O10S2+. The summed E-state index contributed by atoms with van der Waals surface area (Å²) in [6.07, 6.45) is 3.32. The minimum atomic E-state index is -1.86. The number of nitrogens with one attached hydrogen (secondary N) is 1. The number of thiazole rings is 1. The van der Waals surface area contributed by atoms with Gasteiger partial charge < -0.3 is 45.4 Å². The van der Waals surface area contributed by atoms with Crippen LogP contribution in [0.1, 0.15) is 51.8 Å². The minimum absolute atomic E-state index is 0.0130. The molecule has 17 nitrogen and oxygen atoms in total. The van der Waals surface area contributed by atoms with Crippen molar-refractivity contribution in [1.29, 1.82) is 0 Å². The summed E-state index contributed by atoms with van der Waals surface area (Å²) in [5, 5.41) is 46.7. The Morgan fingerprint density at radius 3 is 2.44 bits per heavy atom. The number of carboxylic acids is 2. The highest BCUT2D eigenvalue weighted by molar-refractivity contribution is 8.01.